The Hall–Kier alpha value is -1.89. The molecular weight excluding hydrogens is 258 g/mol. The first kappa shape index (κ1) is 12.6. The zero-order valence-electron chi connectivity index (χ0n) is 9.80. The maximum atomic E-state index is 11.9. The highest BCUT2D eigenvalue weighted by Crippen LogP contribution is 2.27. The van der Waals surface area contributed by atoms with Crippen LogP contribution in [0, 0.1) is 0 Å². The van der Waals surface area contributed by atoms with Gasteiger partial charge in [0.15, 0.2) is 12.1 Å². The van der Waals surface area contributed by atoms with E-state index in [1.54, 1.807) is 6.07 Å². The molecule has 0 saturated carbocycles. The van der Waals surface area contributed by atoms with Gasteiger partial charge in [0.2, 0.25) is 0 Å². The van der Waals surface area contributed by atoms with Gasteiger partial charge in [-0.15, -0.1) is 12.6 Å². The van der Waals surface area contributed by atoms with Crippen LogP contribution in [0.3, 0.4) is 0 Å². The van der Waals surface area contributed by atoms with E-state index in [1.165, 1.54) is 20.3 Å². The topological polar surface area (TPSA) is 70.7 Å². The molecule has 0 fully saturated rings. The van der Waals surface area contributed by atoms with Gasteiger partial charge in [-0.25, -0.2) is 4.79 Å². The zero-order chi connectivity index (χ0) is 13.3. The summed E-state index contributed by atoms with van der Waals surface area (Å²) in [6.45, 7) is -0.270. The molecule has 0 spiro atoms. The minimum atomic E-state index is -0.561. The summed E-state index contributed by atoms with van der Waals surface area (Å²) in [5.41, 5.74) is -0.0769. The van der Waals surface area contributed by atoms with Crippen molar-refractivity contribution in [1.82, 2.24) is 4.74 Å². The van der Waals surface area contributed by atoms with Crippen molar-refractivity contribution < 1.29 is 18.8 Å². The van der Waals surface area contributed by atoms with Crippen LogP contribution in [0.5, 0.6) is 5.75 Å². The molecule has 2 aromatic rings. The van der Waals surface area contributed by atoms with Crippen LogP contribution in [0.2, 0.25) is 0 Å². The van der Waals surface area contributed by atoms with E-state index in [9.17, 15) is 9.59 Å². The van der Waals surface area contributed by atoms with Gasteiger partial charge in [-0.1, -0.05) is 0 Å². The maximum Gasteiger partial charge on any atom is 0.329 e. The van der Waals surface area contributed by atoms with Crippen LogP contribution >= 0.6 is 12.6 Å². The third-order valence-electron chi connectivity index (χ3n) is 2.45. The quantitative estimate of drug-likeness (QED) is 0.666. The molecule has 0 bridgehead atoms. The molecule has 0 saturated heterocycles. The van der Waals surface area contributed by atoms with Crippen LogP contribution in [0.1, 0.15) is 0 Å². The highest BCUT2D eigenvalue weighted by molar-refractivity contribution is 7.80. The summed E-state index contributed by atoms with van der Waals surface area (Å²) in [5, 5.41) is 0.338. The lowest BCUT2D eigenvalue weighted by atomic mass is 10.2. The number of esters is 1. The summed E-state index contributed by atoms with van der Waals surface area (Å²) < 4.78 is 15.7. The van der Waals surface area contributed by atoms with Crippen molar-refractivity contribution in [2.75, 3.05) is 14.2 Å². The summed E-state index contributed by atoms with van der Waals surface area (Å²) in [6, 6.07) is 3.09. The van der Waals surface area contributed by atoms with Gasteiger partial charge in [0, 0.05) is 11.0 Å². The standard InChI is InChI=1S/C11H11NO5S/c1-15-8-4-7-6(3-9(8)18)11(14)12(17-7)5-10(13)16-2/h3-4,18H,5H2,1-2H3. The second kappa shape index (κ2) is 4.77. The molecule has 18 heavy (non-hydrogen) atoms. The molecule has 96 valence electrons. The molecule has 0 atom stereocenters. The lowest BCUT2D eigenvalue weighted by Gasteiger charge is -2.01. The molecule has 0 radical (unpaired) electrons. The Labute approximate surface area is 107 Å². The van der Waals surface area contributed by atoms with Crippen molar-refractivity contribution in [2.24, 2.45) is 0 Å². The summed E-state index contributed by atoms with van der Waals surface area (Å²) in [5.74, 6) is -0.0704. The second-order valence-electron chi connectivity index (χ2n) is 3.53. The summed E-state index contributed by atoms with van der Waals surface area (Å²) in [6.07, 6.45) is 0. The molecule has 0 aliphatic carbocycles. The number of carbonyl (C=O) groups excluding carboxylic acids is 1. The molecule has 7 heteroatoms. The largest absolute Gasteiger partial charge is 0.495 e. The maximum absolute atomic E-state index is 11.9. The first-order valence-corrected chi connectivity index (χ1v) is 5.49. The number of methoxy groups -OCH3 is 2. The number of hydrogen-bond acceptors (Lipinski definition) is 6. The highest BCUT2D eigenvalue weighted by atomic mass is 32.1. The first-order valence-electron chi connectivity index (χ1n) is 5.04. The lowest BCUT2D eigenvalue weighted by Crippen LogP contribution is -2.20. The first-order chi connectivity index (χ1) is 8.56. The highest BCUT2D eigenvalue weighted by Gasteiger charge is 2.15. The van der Waals surface area contributed by atoms with Gasteiger partial charge in [0.25, 0.3) is 5.56 Å². The van der Waals surface area contributed by atoms with Crippen LogP contribution in [-0.4, -0.2) is 24.9 Å². The Morgan fingerprint density at radius 1 is 1.44 bits per heavy atom. The van der Waals surface area contributed by atoms with Crippen LogP contribution in [0.15, 0.2) is 26.3 Å². The third kappa shape index (κ3) is 2.08. The number of benzene rings is 1. The van der Waals surface area contributed by atoms with Gasteiger partial charge in [-0.3, -0.25) is 4.79 Å². The van der Waals surface area contributed by atoms with Gasteiger partial charge in [0.05, 0.1) is 19.6 Å². The van der Waals surface area contributed by atoms with Crippen molar-refractivity contribution in [3.63, 3.8) is 0 Å². The van der Waals surface area contributed by atoms with Gasteiger partial charge in [-0.05, 0) is 6.07 Å². The Morgan fingerprint density at radius 2 is 2.17 bits per heavy atom. The smallest absolute Gasteiger partial charge is 0.329 e. The van der Waals surface area contributed by atoms with E-state index >= 15 is 0 Å². The molecule has 0 unspecified atom stereocenters. The molecule has 6 nitrogen and oxygen atoms in total. The van der Waals surface area contributed by atoms with Crippen molar-refractivity contribution >= 4 is 29.6 Å². The molecular formula is C11H11NO5S. The molecule has 1 aromatic carbocycles. The second-order valence-corrected chi connectivity index (χ2v) is 4.01. The van der Waals surface area contributed by atoms with E-state index < -0.39 is 11.5 Å². The summed E-state index contributed by atoms with van der Waals surface area (Å²) in [4.78, 5) is 23.6. The number of hydrogen-bond donors (Lipinski definition) is 1. The van der Waals surface area contributed by atoms with E-state index in [1.807, 2.05) is 0 Å². The van der Waals surface area contributed by atoms with E-state index in [0.717, 1.165) is 4.74 Å². The SMILES string of the molecule is COC(=O)Cn1oc2cc(OC)c(S)cc2c1=O. The van der Waals surface area contributed by atoms with Crippen molar-refractivity contribution in [1.29, 1.82) is 0 Å². The number of rotatable bonds is 3. The van der Waals surface area contributed by atoms with Crippen LogP contribution in [0.25, 0.3) is 11.0 Å². The molecule has 0 amide bonds. The van der Waals surface area contributed by atoms with E-state index in [2.05, 4.69) is 17.4 Å². The predicted octanol–water partition coefficient (Wildman–Crippen LogP) is 1.06. The summed E-state index contributed by atoms with van der Waals surface area (Å²) in [7, 11) is 2.73. The average Bonchev–Trinajstić information content (AvgIpc) is 2.65. The number of aromatic nitrogens is 1. The molecule has 2 rings (SSSR count). The number of ether oxygens (including phenoxy) is 2. The Bertz CT molecular complexity index is 657. The van der Waals surface area contributed by atoms with Crippen LogP contribution in [-0.2, 0) is 16.1 Å². The Morgan fingerprint density at radius 3 is 2.78 bits per heavy atom. The van der Waals surface area contributed by atoms with Crippen LogP contribution < -0.4 is 10.3 Å². The Balaban J connectivity index is 2.56. The fraction of sp³-hybridized carbons (Fsp3) is 0.273. The number of carbonyl (C=O) groups is 1. The van der Waals surface area contributed by atoms with Gasteiger partial charge >= 0.3 is 5.97 Å². The molecule has 0 N–H and O–H groups in total. The van der Waals surface area contributed by atoms with Crippen molar-refractivity contribution in [2.45, 2.75) is 11.4 Å². The van der Waals surface area contributed by atoms with E-state index in [4.69, 9.17) is 9.26 Å². The van der Waals surface area contributed by atoms with Crippen molar-refractivity contribution in [3.05, 3.63) is 22.5 Å². The summed E-state index contributed by atoms with van der Waals surface area (Å²) >= 11 is 4.19. The monoisotopic (exact) mass is 269 g/mol. The third-order valence-corrected chi connectivity index (χ3v) is 2.80. The van der Waals surface area contributed by atoms with E-state index in [-0.39, 0.29) is 6.54 Å². The predicted molar refractivity (Wildman–Crippen MR) is 66.3 cm³/mol. The number of nitrogens with zero attached hydrogens (tertiary/aromatic N) is 1. The fourth-order valence-electron chi connectivity index (χ4n) is 1.54. The molecule has 0 aliphatic heterocycles. The van der Waals surface area contributed by atoms with Gasteiger partial charge < -0.3 is 14.0 Å². The fourth-order valence-corrected chi connectivity index (χ4v) is 1.82. The minimum Gasteiger partial charge on any atom is -0.495 e. The van der Waals surface area contributed by atoms with Crippen LogP contribution in [0.4, 0.5) is 0 Å². The van der Waals surface area contributed by atoms with Crippen molar-refractivity contribution in [3.8, 4) is 5.75 Å². The average molecular weight is 269 g/mol. The number of thiol groups is 1. The lowest BCUT2D eigenvalue weighted by molar-refractivity contribution is -0.142. The van der Waals surface area contributed by atoms with E-state index in [0.29, 0.717) is 21.6 Å². The molecule has 1 aromatic heterocycles. The van der Waals surface area contributed by atoms with Gasteiger partial charge in [-0.2, -0.15) is 4.74 Å². The molecule has 0 aliphatic rings. The zero-order valence-corrected chi connectivity index (χ0v) is 10.7. The minimum absolute atomic E-state index is 0.270. The molecule has 1 heterocycles. The Kier molecular flexibility index (Phi) is 3.33. The normalized spacial score (nSPS) is 10.6. The number of fused-ring (bicyclic) bond motifs is 1. The van der Waals surface area contributed by atoms with Gasteiger partial charge in [0.1, 0.15) is 5.75 Å².